The molecule has 100 valence electrons. The maximum absolute atomic E-state index is 11.7. The molecular formula is C12H24N2O3. The van der Waals surface area contributed by atoms with Crippen LogP contribution in [0.1, 0.15) is 20.3 Å². The molecule has 0 aliphatic carbocycles. The summed E-state index contributed by atoms with van der Waals surface area (Å²) in [5.74, 6) is 0.0536. The molecule has 1 heterocycles. The van der Waals surface area contributed by atoms with Gasteiger partial charge >= 0.3 is 0 Å². The van der Waals surface area contributed by atoms with E-state index in [0.29, 0.717) is 32.7 Å². The largest absolute Gasteiger partial charge is 0.396 e. The van der Waals surface area contributed by atoms with Crippen molar-refractivity contribution < 1.29 is 14.6 Å². The molecule has 0 aromatic carbocycles. The summed E-state index contributed by atoms with van der Waals surface area (Å²) in [6.45, 7) is 8.37. The van der Waals surface area contributed by atoms with Gasteiger partial charge in [0.25, 0.3) is 0 Å². The topological polar surface area (TPSA) is 61.8 Å². The van der Waals surface area contributed by atoms with Crippen molar-refractivity contribution >= 4 is 5.91 Å². The summed E-state index contributed by atoms with van der Waals surface area (Å²) in [4.78, 5) is 13.8. The molecule has 1 amide bonds. The van der Waals surface area contributed by atoms with Crippen LogP contribution in [0.5, 0.6) is 0 Å². The lowest BCUT2D eigenvalue weighted by molar-refractivity contribution is -0.123. The third kappa shape index (κ3) is 6.00. The van der Waals surface area contributed by atoms with E-state index in [9.17, 15) is 4.79 Å². The van der Waals surface area contributed by atoms with Crippen LogP contribution in [0.2, 0.25) is 0 Å². The normalized spacial score (nSPS) is 18.1. The lowest BCUT2D eigenvalue weighted by Crippen LogP contribution is -2.45. The number of rotatable bonds is 6. The SMILES string of the molecule is CC(C)(CCO)CNC(=O)CN1CCOCC1. The molecule has 0 aromatic heterocycles. The van der Waals surface area contributed by atoms with Crippen molar-refractivity contribution in [3.63, 3.8) is 0 Å². The number of aliphatic hydroxyl groups is 1. The Labute approximate surface area is 103 Å². The molecule has 1 aliphatic heterocycles. The Kier molecular flexibility index (Phi) is 5.88. The van der Waals surface area contributed by atoms with Crippen LogP contribution in [0, 0.1) is 5.41 Å². The van der Waals surface area contributed by atoms with Gasteiger partial charge in [-0.05, 0) is 11.8 Å². The van der Waals surface area contributed by atoms with Crippen LogP contribution in [-0.4, -0.2) is 61.9 Å². The van der Waals surface area contributed by atoms with E-state index in [-0.39, 0.29) is 17.9 Å². The number of ether oxygens (including phenoxy) is 1. The second-order valence-corrected chi connectivity index (χ2v) is 5.30. The van der Waals surface area contributed by atoms with Crippen molar-refractivity contribution in [1.29, 1.82) is 0 Å². The molecule has 0 atom stereocenters. The number of hydrogen-bond acceptors (Lipinski definition) is 4. The summed E-state index contributed by atoms with van der Waals surface area (Å²) in [5, 5.41) is 11.8. The molecule has 0 saturated carbocycles. The third-order valence-electron chi connectivity index (χ3n) is 3.02. The number of amides is 1. The van der Waals surface area contributed by atoms with Crippen LogP contribution in [-0.2, 0) is 9.53 Å². The number of aliphatic hydroxyl groups excluding tert-OH is 1. The maximum atomic E-state index is 11.7. The fraction of sp³-hybridized carbons (Fsp3) is 0.917. The predicted octanol–water partition coefficient (Wildman–Crippen LogP) is -0.157. The highest BCUT2D eigenvalue weighted by Crippen LogP contribution is 2.17. The van der Waals surface area contributed by atoms with Crippen LogP contribution in [0.4, 0.5) is 0 Å². The van der Waals surface area contributed by atoms with E-state index in [2.05, 4.69) is 10.2 Å². The first-order valence-corrected chi connectivity index (χ1v) is 6.21. The Balaban J connectivity index is 2.20. The number of carbonyl (C=O) groups excluding carboxylic acids is 1. The van der Waals surface area contributed by atoms with Gasteiger partial charge in [0.1, 0.15) is 0 Å². The number of morpholine rings is 1. The molecule has 0 spiro atoms. The van der Waals surface area contributed by atoms with Crippen LogP contribution >= 0.6 is 0 Å². The molecule has 5 nitrogen and oxygen atoms in total. The minimum absolute atomic E-state index is 0.0462. The van der Waals surface area contributed by atoms with Crippen molar-refractivity contribution in [3.05, 3.63) is 0 Å². The van der Waals surface area contributed by atoms with Gasteiger partial charge in [0, 0.05) is 26.2 Å². The first-order valence-electron chi connectivity index (χ1n) is 6.21. The van der Waals surface area contributed by atoms with E-state index in [1.807, 2.05) is 13.8 Å². The van der Waals surface area contributed by atoms with Gasteiger partial charge < -0.3 is 15.2 Å². The third-order valence-corrected chi connectivity index (χ3v) is 3.02. The van der Waals surface area contributed by atoms with Crippen LogP contribution in [0.15, 0.2) is 0 Å². The fourth-order valence-electron chi connectivity index (χ4n) is 1.75. The summed E-state index contributed by atoms with van der Waals surface area (Å²) in [5.41, 5.74) is -0.0462. The highest BCUT2D eigenvalue weighted by molar-refractivity contribution is 5.78. The average Bonchev–Trinajstić information content (AvgIpc) is 2.28. The fourth-order valence-corrected chi connectivity index (χ4v) is 1.75. The summed E-state index contributed by atoms with van der Waals surface area (Å²) in [7, 11) is 0. The maximum Gasteiger partial charge on any atom is 0.234 e. The van der Waals surface area contributed by atoms with Gasteiger partial charge in [-0.2, -0.15) is 0 Å². The highest BCUT2D eigenvalue weighted by Gasteiger charge is 2.19. The molecule has 5 heteroatoms. The van der Waals surface area contributed by atoms with E-state index < -0.39 is 0 Å². The van der Waals surface area contributed by atoms with Gasteiger partial charge in [-0.25, -0.2) is 0 Å². The average molecular weight is 244 g/mol. The van der Waals surface area contributed by atoms with Gasteiger partial charge in [-0.3, -0.25) is 9.69 Å². The summed E-state index contributed by atoms with van der Waals surface area (Å²) >= 11 is 0. The van der Waals surface area contributed by atoms with Gasteiger partial charge in [0.2, 0.25) is 5.91 Å². The summed E-state index contributed by atoms with van der Waals surface area (Å²) in [6.07, 6.45) is 0.699. The number of nitrogens with one attached hydrogen (secondary N) is 1. The molecule has 1 aliphatic rings. The number of hydrogen-bond donors (Lipinski definition) is 2. The summed E-state index contributed by atoms with van der Waals surface area (Å²) in [6, 6.07) is 0. The predicted molar refractivity (Wildman–Crippen MR) is 65.8 cm³/mol. The van der Waals surface area contributed by atoms with Crippen LogP contribution < -0.4 is 5.32 Å². The van der Waals surface area contributed by atoms with Crippen molar-refractivity contribution in [2.75, 3.05) is 46.0 Å². The van der Waals surface area contributed by atoms with E-state index in [0.717, 1.165) is 13.1 Å². The second-order valence-electron chi connectivity index (χ2n) is 5.30. The molecule has 0 bridgehead atoms. The Hall–Kier alpha value is -0.650. The second kappa shape index (κ2) is 6.93. The van der Waals surface area contributed by atoms with E-state index in [4.69, 9.17) is 9.84 Å². The van der Waals surface area contributed by atoms with Gasteiger partial charge in [-0.15, -0.1) is 0 Å². The molecular weight excluding hydrogens is 220 g/mol. The standard InChI is InChI=1S/C12H24N2O3/c1-12(2,3-6-15)10-13-11(16)9-14-4-7-17-8-5-14/h15H,3-10H2,1-2H3,(H,13,16). The Bertz CT molecular complexity index is 238. The molecule has 17 heavy (non-hydrogen) atoms. The lowest BCUT2D eigenvalue weighted by atomic mass is 9.90. The molecule has 1 saturated heterocycles. The Morgan fingerprint density at radius 1 is 1.41 bits per heavy atom. The van der Waals surface area contributed by atoms with Gasteiger partial charge in [0.15, 0.2) is 0 Å². The lowest BCUT2D eigenvalue weighted by Gasteiger charge is -2.27. The minimum atomic E-state index is -0.0462. The first kappa shape index (κ1) is 14.4. The smallest absolute Gasteiger partial charge is 0.234 e. The molecule has 0 radical (unpaired) electrons. The van der Waals surface area contributed by atoms with E-state index >= 15 is 0 Å². The van der Waals surface area contributed by atoms with Crippen molar-refractivity contribution in [2.45, 2.75) is 20.3 Å². The molecule has 0 aromatic rings. The molecule has 1 rings (SSSR count). The molecule has 1 fully saturated rings. The zero-order chi connectivity index (χ0) is 12.7. The zero-order valence-electron chi connectivity index (χ0n) is 10.9. The van der Waals surface area contributed by atoms with Crippen molar-refractivity contribution in [2.24, 2.45) is 5.41 Å². The van der Waals surface area contributed by atoms with Crippen LogP contribution in [0.25, 0.3) is 0 Å². The monoisotopic (exact) mass is 244 g/mol. The van der Waals surface area contributed by atoms with Crippen molar-refractivity contribution in [1.82, 2.24) is 10.2 Å². The van der Waals surface area contributed by atoms with Gasteiger partial charge in [0.05, 0.1) is 19.8 Å². The minimum Gasteiger partial charge on any atom is -0.396 e. The van der Waals surface area contributed by atoms with E-state index in [1.54, 1.807) is 0 Å². The van der Waals surface area contributed by atoms with Crippen molar-refractivity contribution in [3.8, 4) is 0 Å². The van der Waals surface area contributed by atoms with Gasteiger partial charge in [-0.1, -0.05) is 13.8 Å². The first-order chi connectivity index (χ1) is 8.03. The number of nitrogens with zero attached hydrogens (tertiary/aromatic N) is 1. The van der Waals surface area contributed by atoms with Crippen LogP contribution in [0.3, 0.4) is 0 Å². The van der Waals surface area contributed by atoms with E-state index in [1.165, 1.54) is 0 Å². The molecule has 2 N–H and O–H groups in total. The highest BCUT2D eigenvalue weighted by atomic mass is 16.5. The summed E-state index contributed by atoms with van der Waals surface area (Å²) < 4.78 is 5.23. The quantitative estimate of drug-likeness (QED) is 0.682. The Morgan fingerprint density at radius 2 is 2.06 bits per heavy atom. The molecule has 0 unspecified atom stereocenters. The zero-order valence-corrected chi connectivity index (χ0v) is 10.9. The number of carbonyl (C=O) groups is 1. The Morgan fingerprint density at radius 3 is 2.65 bits per heavy atom.